The third-order valence-corrected chi connectivity index (χ3v) is 2.70. The third-order valence-electron chi connectivity index (χ3n) is 2.70. The van der Waals surface area contributed by atoms with E-state index in [0.717, 1.165) is 12.0 Å². The maximum absolute atomic E-state index is 11.9. The molecule has 0 aliphatic heterocycles. The first kappa shape index (κ1) is 14.9. The minimum absolute atomic E-state index is 0.0454. The molecule has 19 heavy (non-hydrogen) atoms. The van der Waals surface area contributed by atoms with E-state index in [0.29, 0.717) is 18.7 Å². The number of carbonyl (C=O) groups is 2. The Hall–Kier alpha value is -2.15. The number of nitrogens with zero attached hydrogens (tertiary/aromatic N) is 2. The summed E-state index contributed by atoms with van der Waals surface area (Å²) in [5.74, 6) is -0.260. The van der Waals surface area contributed by atoms with Gasteiger partial charge in [0.2, 0.25) is 5.91 Å². The lowest BCUT2D eigenvalue weighted by Gasteiger charge is -2.21. The zero-order valence-electron chi connectivity index (χ0n) is 11.3. The van der Waals surface area contributed by atoms with Crippen LogP contribution in [0.25, 0.3) is 0 Å². The first-order valence-corrected chi connectivity index (χ1v) is 6.33. The molecule has 0 spiro atoms. The van der Waals surface area contributed by atoms with Gasteiger partial charge in [0.05, 0.1) is 18.1 Å². The summed E-state index contributed by atoms with van der Waals surface area (Å²) in [6.45, 7) is 4.52. The second kappa shape index (κ2) is 7.32. The summed E-state index contributed by atoms with van der Waals surface area (Å²) in [7, 11) is 0. The van der Waals surface area contributed by atoms with Gasteiger partial charge in [-0.15, -0.1) is 0 Å². The first-order valence-electron chi connectivity index (χ1n) is 6.33. The fourth-order valence-electron chi connectivity index (χ4n) is 1.79. The molecule has 0 unspecified atom stereocenters. The number of Topliss-reactive ketones (excluding diaryl/α,β-unsaturated/α-hetero) is 1. The van der Waals surface area contributed by atoms with Gasteiger partial charge < -0.3 is 4.90 Å². The monoisotopic (exact) mass is 258 g/mol. The molecule has 0 N–H and O–H groups in total. The van der Waals surface area contributed by atoms with Gasteiger partial charge in [0.25, 0.3) is 0 Å². The van der Waals surface area contributed by atoms with Crippen molar-refractivity contribution in [1.82, 2.24) is 4.90 Å². The number of ketones is 1. The molecule has 1 aromatic rings. The second-order valence-corrected chi connectivity index (χ2v) is 4.50. The molecule has 1 amide bonds. The number of nitriles is 1. The van der Waals surface area contributed by atoms with Gasteiger partial charge >= 0.3 is 0 Å². The molecule has 0 saturated heterocycles. The van der Waals surface area contributed by atoms with E-state index in [1.807, 2.05) is 19.1 Å². The Morgan fingerprint density at radius 3 is 2.37 bits per heavy atom. The summed E-state index contributed by atoms with van der Waals surface area (Å²) in [6, 6.07) is 9.19. The molecule has 100 valence electrons. The van der Waals surface area contributed by atoms with Gasteiger partial charge in [0, 0.05) is 13.1 Å². The van der Waals surface area contributed by atoms with Gasteiger partial charge in [0.15, 0.2) is 0 Å². The normalized spacial score (nSPS) is 9.74. The SMILES string of the molecule is CCCN(Cc1ccc(C#N)cc1)C(=O)CC(C)=O. The Kier molecular flexibility index (Phi) is 5.74. The van der Waals surface area contributed by atoms with Gasteiger partial charge in [0.1, 0.15) is 5.78 Å². The Bertz CT molecular complexity index is 486. The summed E-state index contributed by atoms with van der Waals surface area (Å²) in [4.78, 5) is 24.6. The van der Waals surface area contributed by atoms with Crippen LogP contribution >= 0.6 is 0 Å². The van der Waals surface area contributed by atoms with Crippen LogP contribution in [0.4, 0.5) is 0 Å². The molecule has 4 heteroatoms. The van der Waals surface area contributed by atoms with Crippen LogP contribution in [-0.2, 0) is 16.1 Å². The summed E-state index contributed by atoms with van der Waals surface area (Å²) < 4.78 is 0. The molecule has 1 rings (SSSR count). The molecule has 4 nitrogen and oxygen atoms in total. The lowest BCUT2D eigenvalue weighted by atomic mass is 10.1. The third kappa shape index (κ3) is 4.92. The van der Waals surface area contributed by atoms with Crippen LogP contribution in [0.2, 0.25) is 0 Å². The molecule has 0 heterocycles. The predicted octanol–water partition coefficient (Wildman–Crippen LogP) is 2.28. The summed E-state index contributed by atoms with van der Waals surface area (Å²) >= 11 is 0. The first-order chi connectivity index (χ1) is 9.06. The van der Waals surface area contributed by atoms with Crippen LogP contribution in [-0.4, -0.2) is 23.1 Å². The largest absolute Gasteiger partial charge is 0.338 e. The van der Waals surface area contributed by atoms with Crippen molar-refractivity contribution < 1.29 is 9.59 Å². The highest BCUT2D eigenvalue weighted by Gasteiger charge is 2.14. The van der Waals surface area contributed by atoms with Crippen molar-refractivity contribution >= 4 is 11.7 Å². The van der Waals surface area contributed by atoms with E-state index < -0.39 is 0 Å². The number of amides is 1. The topological polar surface area (TPSA) is 61.2 Å². The van der Waals surface area contributed by atoms with E-state index in [9.17, 15) is 9.59 Å². The van der Waals surface area contributed by atoms with Crippen LogP contribution in [0, 0.1) is 11.3 Å². The molecule has 0 fully saturated rings. The quantitative estimate of drug-likeness (QED) is 0.735. The standard InChI is InChI=1S/C15H18N2O2/c1-3-8-17(15(19)9-12(2)18)11-14-6-4-13(10-16)5-7-14/h4-7H,3,8-9,11H2,1-2H3. The van der Waals surface area contributed by atoms with Gasteiger partial charge in [-0.3, -0.25) is 9.59 Å². The fourth-order valence-corrected chi connectivity index (χ4v) is 1.79. The highest BCUT2D eigenvalue weighted by molar-refractivity contribution is 5.96. The molecule has 0 saturated carbocycles. The highest BCUT2D eigenvalue weighted by atomic mass is 16.2. The smallest absolute Gasteiger partial charge is 0.230 e. The molecular weight excluding hydrogens is 240 g/mol. The van der Waals surface area contributed by atoms with E-state index >= 15 is 0 Å². The van der Waals surface area contributed by atoms with Crippen LogP contribution in [0.3, 0.4) is 0 Å². The van der Waals surface area contributed by atoms with Crippen molar-refractivity contribution in [2.24, 2.45) is 0 Å². The van der Waals surface area contributed by atoms with Gasteiger partial charge in [-0.2, -0.15) is 5.26 Å². The summed E-state index contributed by atoms with van der Waals surface area (Å²) in [6.07, 6.45) is 0.802. The zero-order valence-corrected chi connectivity index (χ0v) is 11.3. The minimum Gasteiger partial charge on any atom is -0.338 e. The van der Waals surface area contributed by atoms with E-state index in [2.05, 4.69) is 6.07 Å². The molecule has 0 radical (unpaired) electrons. The highest BCUT2D eigenvalue weighted by Crippen LogP contribution is 2.09. The summed E-state index contributed by atoms with van der Waals surface area (Å²) in [5.41, 5.74) is 1.56. The van der Waals surface area contributed by atoms with Gasteiger partial charge in [-0.05, 0) is 31.0 Å². The fraction of sp³-hybridized carbons (Fsp3) is 0.400. The minimum atomic E-state index is -0.140. The maximum atomic E-state index is 11.9. The molecule has 0 aliphatic carbocycles. The Labute approximate surface area is 113 Å². The molecule has 0 aromatic heterocycles. The number of rotatable bonds is 6. The second-order valence-electron chi connectivity index (χ2n) is 4.50. The number of benzene rings is 1. The van der Waals surface area contributed by atoms with Crippen LogP contribution in [0.5, 0.6) is 0 Å². The molecule has 1 aromatic carbocycles. The predicted molar refractivity (Wildman–Crippen MR) is 72.2 cm³/mol. The average molecular weight is 258 g/mol. The molecular formula is C15H18N2O2. The molecule has 0 aliphatic rings. The Balaban J connectivity index is 2.74. The van der Waals surface area contributed by atoms with Crippen molar-refractivity contribution in [1.29, 1.82) is 5.26 Å². The van der Waals surface area contributed by atoms with Crippen LogP contribution in [0.1, 0.15) is 37.8 Å². The van der Waals surface area contributed by atoms with E-state index in [1.165, 1.54) is 6.92 Å². The Morgan fingerprint density at radius 1 is 1.26 bits per heavy atom. The number of hydrogen-bond acceptors (Lipinski definition) is 3. The number of hydrogen-bond donors (Lipinski definition) is 0. The molecule has 0 atom stereocenters. The molecule has 0 bridgehead atoms. The average Bonchev–Trinajstić information content (AvgIpc) is 2.38. The van der Waals surface area contributed by atoms with Crippen molar-refractivity contribution in [3.05, 3.63) is 35.4 Å². The van der Waals surface area contributed by atoms with Gasteiger partial charge in [-0.1, -0.05) is 19.1 Å². The Morgan fingerprint density at radius 2 is 1.89 bits per heavy atom. The summed E-state index contributed by atoms with van der Waals surface area (Å²) in [5, 5.41) is 8.73. The van der Waals surface area contributed by atoms with E-state index in [-0.39, 0.29) is 18.1 Å². The lowest BCUT2D eigenvalue weighted by Crippen LogP contribution is -2.32. The number of carbonyl (C=O) groups excluding carboxylic acids is 2. The van der Waals surface area contributed by atoms with Gasteiger partial charge in [-0.25, -0.2) is 0 Å². The lowest BCUT2D eigenvalue weighted by molar-refractivity contribution is -0.135. The van der Waals surface area contributed by atoms with E-state index in [4.69, 9.17) is 5.26 Å². The van der Waals surface area contributed by atoms with Crippen molar-refractivity contribution in [3.63, 3.8) is 0 Å². The zero-order chi connectivity index (χ0) is 14.3. The van der Waals surface area contributed by atoms with Crippen molar-refractivity contribution in [2.45, 2.75) is 33.2 Å². The van der Waals surface area contributed by atoms with Crippen LogP contribution < -0.4 is 0 Å². The van der Waals surface area contributed by atoms with Crippen molar-refractivity contribution in [2.75, 3.05) is 6.54 Å². The van der Waals surface area contributed by atoms with E-state index in [1.54, 1.807) is 17.0 Å². The maximum Gasteiger partial charge on any atom is 0.230 e. The van der Waals surface area contributed by atoms with Crippen molar-refractivity contribution in [3.8, 4) is 6.07 Å². The van der Waals surface area contributed by atoms with Crippen LogP contribution in [0.15, 0.2) is 24.3 Å².